The van der Waals surface area contributed by atoms with E-state index in [2.05, 4.69) is 5.32 Å². The van der Waals surface area contributed by atoms with Crippen LogP contribution in [0.5, 0.6) is 5.75 Å². The number of methoxy groups -OCH3 is 1. The Morgan fingerprint density at radius 3 is 2.24 bits per heavy atom. The molecular formula is C23H32N4O5S. The van der Waals surface area contributed by atoms with Gasteiger partial charge in [0.2, 0.25) is 21.8 Å². The van der Waals surface area contributed by atoms with Gasteiger partial charge in [0, 0.05) is 37.4 Å². The van der Waals surface area contributed by atoms with Crippen molar-refractivity contribution in [1.29, 1.82) is 0 Å². The van der Waals surface area contributed by atoms with Gasteiger partial charge in [-0.3, -0.25) is 9.59 Å². The molecule has 0 heterocycles. The van der Waals surface area contributed by atoms with E-state index >= 15 is 0 Å². The summed E-state index contributed by atoms with van der Waals surface area (Å²) < 4.78 is 32.5. The van der Waals surface area contributed by atoms with Gasteiger partial charge in [0.05, 0.1) is 18.6 Å². The van der Waals surface area contributed by atoms with Crippen LogP contribution >= 0.6 is 0 Å². The van der Waals surface area contributed by atoms with E-state index in [9.17, 15) is 18.0 Å². The SMILES string of the molecule is CCN(CC)S(=O)(=O)c1cc(NC(=O)CN(CCC(N)=O)c2ccc(OC)cc2)ccc1C. The second-order valence-electron chi connectivity index (χ2n) is 7.45. The topological polar surface area (TPSA) is 122 Å². The van der Waals surface area contributed by atoms with Gasteiger partial charge in [-0.05, 0) is 48.9 Å². The van der Waals surface area contributed by atoms with Crippen LogP contribution in [0.1, 0.15) is 25.8 Å². The van der Waals surface area contributed by atoms with Crippen LogP contribution in [-0.2, 0) is 19.6 Å². The van der Waals surface area contributed by atoms with Gasteiger partial charge in [-0.25, -0.2) is 8.42 Å². The monoisotopic (exact) mass is 476 g/mol. The van der Waals surface area contributed by atoms with Crippen molar-refractivity contribution < 1.29 is 22.7 Å². The van der Waals surface area contributed by atoms with E-state index in [1.54, 1.807) is 69.2 Å². The molecule has 0 bridgehead atoms. The number of carbonyl (C=O) groups excluding carboxylic acids is 2. The number of amides is 2. The number of nitrogens with two attached hydrogens (primary N) is 1. The molecule has 0 fully saturated rings. The molecule has 0 saturated heterocycles. The number of nitrogens with one attached hydrogen (secondary N) is 1. The fraction of sp³-hybridized carbons (Fsp3) is 0.391. The molecule has 0 spiro atoms. The Balaban J connectivity index is 2.23. The maximum atomic E-state index is 13.0. The third kappa shape index (κ3) is 6.93. The lowest BCUT2D eigenvalue weighted by atomic mass is 10.2. The van der Waals surface area contributed by atoms with E-state index in [-0.39, 0.29) is 30.3 Å². The lowest BCUT2D eigenvalue weighted by molar-refractivity contribution is -0.118. The van der Waals surface area contributed by atoms with Gasteiger partial charge in [0.15, 0.2) is 0 Å². The summed E-state index contributed by atoms with van der Waals surface area (Å²) in [5.41, 5.74) is 6.99. The molecule has 0 aliphatic heterocycles. The van der Waals surface area contributed by atoms with Crippen molar-refractivity contribution in [3.8, 4) is 5.75 Å². The van der Waals surface area contributed by atoms with Crippen molar-refractivity contribution in [3.63, 3.8) is 0 Å². The molecule has 10 heteroatoms. The zero-order valence-electron chi connectivity index (χ0n) is 19.5. The first-order valence-electron chi connectivity index (χ1n) is 10.7. The number of aryl methyl sites for hydroxylation is 1. The van der Waals surface area contributed by atoms with Gasteiger partial charge in [-0.15, -0.1) is 0 Å². The number of anilines is 2. The van der Waals surface area contributed by atoms with Crippen molar-refractivity contribution in [3.05, 3.63) is 48.0 Å². The lowest BCUT2D eigenvalue weighted by Crippen LogP contribution is -2.35. The molecular weight excluding hydrogens is 444 g/mol. The van der Waals surface area contributed by atoms with Gasteiger partial charge in [0.25, 0.3) is 0 Å². The summed E-state index contributed by atoms with van der Waals surface area (Å²) in [6.45, 7) is 6.19. The van der Waals surface area contributed by atoms with Crippen LogP contribution in [0, 0.1) is 6.92 Å². The number of primary amides is 1. The molecule has 33 heavy (non-hydrogen) atoms. The number of benzene rings is 2. The Kier molecular flexibility index (Phi) is 9.24. The molecule has 3 N–H and O–H groups in total. The second kappa shape index (κ2) is 11.7. The highest BCUT2D eigenvalue weighted by molar-refractivity contribution is 7.89. The van der Waals surface area contributed by atoms with Gasteiger partial charge < -0.3 is 20.7 Å². The predicted molar refractivity (Wildman–Crippen MR) is 129 cm³/mol. The standard InChI is InChI=1S/C23H32N4O5S/c1-5-27(6-2)33(30,31)21-15-18(8-7-17(21)3)25-23(29)16-26(14-13-22(24)28)19-9-11-20(32-4)12-10-19/h7-12,15H,5-6,13-14,16H2,1-4H3,(H2,24,28)(H,25,29). The zero-order valence-corrected chi connectivity index (χ0v) is 20.3. The molecule has 0 aromatic heterocycles. The average Bonchev–Trinajstić information content (AvgIpc) is 2.78. The van der Waals surface area contributed by atoms with Crippen LogP contribution in [0.3, 0.4) is 0 Å². The van der Waals surface area contributed by atoms with E-state index in [1.807, 2.05) is 0 Å². The van der Waals surface area contributed by atoms with E-state index < -0.39 is 15.9 Å². The van der Waals surface area contributed by atoms with Crippen LogP contribution in [0.4, 0.5) is 11.4 Å². The number of sulfonamides is 1. The Morgan fingerprint density at radius 1 is 1.06 bits per heavy atom. The molecule has 0 unspecified atom stereocenters. The number of ether oxygens (including phenoxy) is 1. The molecule has 2 rings (SSSR count). The summed E-state index contributed by atoms with van der Waals surface area (Å²) in [5, 5.41) is 2.76. The first-order valence-corrected chi connectivity index (χ1v) is 12.1. The normalized spacial score (nSPS) is 11.3. The highest BCUT2D eigenvalue weighted by Gasteiger charge is 2.24. The molecule has 0 aliphatic rings. The highest BCUT2D eigenvalue weighted by atomic mass is 32.2. The molecule has 180 valence electrons. The van der Waals surface area contributed by atoms with E-state index in [0.717, 1.165) is 5.69 Å². The number of carbonyl (C=O) groups is 2. The Morgan fingerprint density at radius 2 is 1.70 bits per heavy atom. The molecule has 9 nitrogen and oxygen atoms in total. The number of hydrogen-bond donors (Lipinski definition) is 2. The van der Waals surface area contributed by atoms with Crippen molar-refractivity contribution in [2.45, 2.75) is 32.1 Å². The summed E-state index contributed by atoms with van der Waals surface area (Å²) >= 11 is 0. The van der Waals surface area contributed by atoms with Crippen molar-refractivity contribution >= 4 is 33.2 Å². The quantitative estimate of drug-likeness (QED) is 0.485. The first kappa shape index (κ1) is 26.1. The van der Waals surface area contributed by atoms with Gasteiger partial charge in [-0.2, -0.15) is 4.31 Å². The summed E-state index contributed by atoms with van der Waals surface area (Å²) in [6.07, 6.45) is 0.0795. The Bertz CT molecular complexity index is 1070. The predicted octanol–water partition coefficient (Wildman–Crippen LogP) is 2.35. The molecule has 2 amide bonds. The van der Waals surface area contributed by atoms with Crippen LogP contribution < -0.4 is 20.7 Å². The maximum absolute atomic E-state index is 13.0. The van der Waals surface area contributed by atoms with Gasteiger partial charge in [-0.1, -0.05) is 19.9 Å². The van der Waals surface area contributed by atoms with Crippen molar-refractivity contribution in [1.82, 2.24) is 4.31 Å². The molecule has 2 aromatic rings. The molecule has 0 atom stereocenters. The van der Waals surface area contributed by atoms with Gasteiger partial charge >= 0.3 is 0 Å². The van der Waals surface area contributed by atoms with E-state index in [0.29, 0.717) is 30.1 Å². The first-order chi connectivity index (χ1) is 15.6. The van der Waals surface area contributed by atoms with Crippen LogP contribution in [0.15, 0.2) is 47.4 Å². The fourth-order valence-electron chi connectivity index (χ4n) is 3.37. The van der Waals surface area contributed by atoms with E-state index in [4.69, 9.17) is 10.5 Å². The molecule has 0 aliphatic carbocycles. The van der Waals surface area contributed by atoms with Crippen molar-refractivity contribution in [2.75, 3.05) is 43.5 Å². The summed E-state index contributed by atoms with van der Waals surface area (Å²) in [5.74, 6) is -0.163. The van der Waals surface area contributed by atoms with Gasteiger partial charge in [0.1, 0.15) is 5.75 Å². The maximum Gasteiger partial charge on any atom is 0.243 e. The number of rotatable bonds is 12. The zero-order chi connectivity index (χ0) is 24.6. The summed E-state index contributed by atoms with van der Waals surface area (Å²) in [4.78, 5) is 26.0. The number of nitrogens with zero attached hydrogens (tertiary/aromatic N) is 2. The van der Waals surface area contributed by atoms with Crippen molar-refractivity contribution in [2.24, 2.45) is 5.73 Å². The second-order valence-corrected chi connectivity index (χ2v) is 9.36. The average molecular weight is 477 g/mol. The van der Waals surface area contributed by atoms with Crippen LogP contribution in [0.25, 0.3) is 0 Å². The largest absolute Gasteiger partial charge is 0.497 e. The number of hydrogen-bond acceptors (Lipinski definition) is 6. The minimum Gasteiger partial charge on any atom is -0.497 e. The third-order valence-electron chi connectivity index (χ3n) is 5.20. The minimum absolute atomic E-state index is 0.0500. The smallest absolute Gasteiger partial charge is 0.243 e. The minimum atomic E-state index is -3.67. The fourth-order valence-corrected chi connectivity index (χ4v) is 5.08. The van der Waals surface area contributed by atoms with Crippen LogP contribution in [-0.4, -0.2) is 57.8 Å². The Labute approximate surface area is 195 Å². The third-order valence-corrected chi connectivity index (χ3v) is 7.39. The lowest BCUT2D eigenvalue weighted by Gasteiger charge is -2.24. The molecule has 2 aromatic carbocycles. The Hall–Kier alpha value is -3.11. The van der Waals surface area contributed by atoms with E-state index in [1.165, 1.54) is 10.4 Å². The highest BCUT2D eigenvalue weighted by Crippen LogP contribution is 2.24. The summed E-state index contributed by atoms with van der Waals surface area (Å²) in [7, 11) is -2.11. The molecule has 0 saturated carbocycles. The molecule has 0 radical (unpaired) electrons. The summed E-state index contributed by atoms with van der Waals surface area (Å²) in [6, 6.07) is 11.9. The van der Waals surface area contributed by atoms with Crippen LogP contribution in [0.2, 0.25) is 0 Å².